The summed E-state index contributed by atoms with van der Waals surface area (Å²) in [6.07, 6.45) is 1.55. The molecule has 0 bridgehead atoms. The molecule has 0 saturated heterocycles. The Morgan fingerprint density at radius 1 is 1.39 bits per heavy atom. The Labute approximate surface area is 109 Å². The highest BCUT2D eigenvalue weighted by molar-refractivity contribution is 7.89. The predicted molar refractivity (Wildman–Crippen MR) is 71.6 cm³/mol. The van der Waals surface area contributed by atoms with Gasteiger partial charge in [-0.1, -0.05) is 24.3 Å². The van der Waals surface area contributed by atoms with Gasteiger partial charge in [-0.25, -0.2) is 8.42 Å². The number of aliphatic hydroxyl groups is 1. The first-order chi connectivity index (χ1) is 8.45. The van der Waals surface area contributed by atoms with Gasteiger partial charge in [-0.15, -0.1) is 6.58 Å². The van der Waals surface area contributed by atoms with Crippen LogP contribution in [0.2, 0.25) is 0 Å². The third-order valence-corrected chi connectivity index (χ3v) is 4.76. The second kappa shape index (κ2) is 6.13. The van der Waals surface area contributed by atoms with Gasteiger partial charge in [0.15, 0.2) is 0 Å². The quantitative estimate of drug-likeness (QED) is 0.801. The minimum absolute atomic E-state index is 0.156. The van der Waals surface area contributed by atoms with Crippen LogP contribution in [0, 0.1) is 0 Å². The van der Waals surface area contributed by atoms with Crippen LogP contribution in [-0.2, 0) is 16.6 Å². The van der Waals surface area contributed by atoms with Crippen LogP contribution < -0.4 is 0 Å². The van der Waals surface area contributed by atoms with Crippen molar-refractivity contribution in [2.75, 3.05) is 6.54 Å². The average Bonchev–Trinajstić information content (AvgIpc) is 2.35. The van der Waals surface area contributed by atoms with Crippen molar-refractivity contribution in [1.82, 2.24) is 4.31 Å². The molecule has 1 N–H and O–H groups in total. The van der Waals surface area contributed by atoms with Gasteiger partial charge in [-0.3, -0.25) is 0 Å². The van der Waals surface area contributed by atoms with Crippen molar-refractivity contribution in [3.63, 3.8) is 0 Å². The highest BCUT2D eigenvalue weighted by Gasteiger charge is 2.27. The Hall–Kier alpha value is -1.17. The number of aliphatic hydroxyl groups excluding tert-OH is 1. The lowest BCUT2D eigenvalue weighted by molar-refractivity contribution is 0.277. The second-order valence-electron chi connectivity index (χ2n) is 4.22. The fourth-order valence-corrected chi connectivity index (χ4v) is 3.55. The molecule has 1 aromatic carbocycles. The van der Waals surface area contributed by atoms with Crippen molar-refractivity contribution < 1.29 is 13.5 Å². The lowest BCUT2D eigenvalue weighted by Gasteiger charge is -2.25. The molecule has 0 aromatic heterocycles. The molecule has 0 aliphatic heterocycles. The summed E-state index contributed by atoms with van der Waals surface area (Å²) < 4.78 is 26.4. The molecule has 18 heavy (non-hydrogen) atoms. The molecular formula is C13H19NO3S. The van der Waals surface area contributed by atoms with E-state index in [-0.39, 0.29) is 24.1 Å². The third-order valence-electron chi connectivity index (χ3n) is 2.61. The molecule has 1 rings (SSSR count). The van der Waals surface area contributed by atoms with E-state index in [9.17, 15) is 13.5 Å². The lowest BCUT2D eigenvalue weighted by Crippen LogP contribution is -2.37. The Morgan fingerprint density at radius 2 is 2.00 bits per heavy atom. The fourth-order valence-electron chi connectivity index (χ4n) is 1.73. The monoisotopic (exact) mass is 269 g/mol. The molecular weight excluding hydrogens is 250 g/mol. The summed E-state index contributed by atoms with van der Waals surface area (Å²) in [5.74, 6) is 0. The van der Waals surface area contributed by atoms with Gasteiger partial charge in [0.05, 0.1) is 11.5 Å². The van der Waals surface area contributed by atoms with Gasteiger partial charge < -0.3 is 5.11 Å². The molecule has 0 aliphatic rings. The van der Waals surface area contributed by atoms with Gasteiger partial charge in [-0.2, -0.15) is 4.31 Å². The van der Waals surface area contributed by atoms with Crippen LogP contribution in [-0.4, -0.2) is 30.4 Å². The van der Waals surface area contributed by atoms with Crippen LogP contribution in [0.15, 0.2) is 41.8 Å². The molecule has 0 fully saturated rings. The number of nitrogens with zero attached hydrogens (tertiary/aromatic N) is 1. The van der Waals surface area contributed by atoms with E-state index in [1.807, 2.05) is 13.8 Å². The van der Waals surface area contributed by atoms with Crippen molar-refractivity contribution in [2.24, 2.45) is 0 Å². The maximum Gasteiger partial charge on any atom is 0.243 e. The largest absolute Gasteiger partial charge is 0.392 e. The van der Waals surface area contributed by atoms with E-state index in [0.29, 0.717) is 5.56 Å². The van der Waals surface area contributed by atoms with Crippen molar-refractivity contribution in [2.45, 2.75) is 31.4 Å². The first kappa shape index (κ1) is 14.9. The summed E-state index contributed by atoms with van der Waals surface area (Å²) in [6, 6.07) is 6.31. The van der Waals surface area contributed by atoms with Crippen molar-refractivity contribution in [3.8, 4) is 0 Å². The van der Waals surface area contributed by atoms with Gasteiger partial charge >= 0.3 is 0 Å². The smallest absolute Gasteiger partial charge is 0.243 e. The summed E-state index contributed by atoms with van der Waals surface area (Å²) in [5.41, 5.74) is 0.409. The molecule has 0 amide bonds. The average molecular weight is 269 g/mol. The normalized spacial score (nSPS) is 12.1. The zero-order chi connectivity index (χ0) is 13.8. The molecule has 5 heteroatoms. The van der Waals surface area contributed by atoms with E-state index in [0.717, 1.165) is 0 Å². The fraction of sp³-hybridized carbons (Fsp3) is 0.385. The zero-order valence-corrected chi connectivity index (χ0v) is 11.5. The molecule has 0 spiro atoms. The first-order valence-electron chi connectivity index (χ1n) is 5.76. The molecule has 0 aliphatic carbocycles. The summed E-state index contributed by atoms with van der Waals surface area (Å²) >= 11 is 0. The molecule has 0 atom stereocenters. The topological polar surface area (TPSA) is 57.6 Å². The molecule has 1 aromatic rings. The third kappa shape index (κ3) is 2.98. The standard InChI is InChI=1S/C13H19NO3S/c1-4-9-14(11(2)3)18(16,17)13-8-6-5-7-12(13)10-15/h4-8,11,15H,1,9-10H2,2-3H3. The van der Waals surface area contributed by atoms with Crippen LogP contribution in [0.4, 0.5) is 0 Å². The molecule has 0 heterocycles. The van der Waals surface area contributed by atoms with E-state index in [1.54, 1.807) is 24.3 Å². The summed E-state index contributed by atoms with van der Waals surface area (Å²) in [6.45, 7) is 7.15. The Kier molecular flexibility index (Phi) is 5.07. The highest BCUT2D eigenvalue weighted by atomic mass is 32.2. The van der Waals surface area contributed by atoms with Crippen LogP contribution in [0.5, 0.6) is 0 Å². The number of hydrogen-bond acceptors (Lipinski definition) is 3. The van der Waals surface area contributed by atoms with Crippen molar-refractivity contribution in [1.29, 1.82) is 0 Å². The van der Waals surface area contributed by atoms with E-state index in [2.05, 4.69) is 6.58 Å². The lowest BCUT2D eigenvalue weighted by atomic mass is 10.2. The van der Waals surface area contributed by atoms with Crippen LogP contribution in [0.1, 0.15) is 19.4 Å². The number of hydrogen-bond donors (Lipinski definition) is 1. The molecule has 4 nitrogen and oxygen atoms in total. The van der Waals surface area contributed by atoms with E-state index >= 15 is 0 Å². The second-order valence-corrected chi connectivity index (χ2v) is 6.08. The minimum atomic E-state index is -3.60. The van der Waals surface area contributed by atoms with E-state index in [1.165, 1.54) is 10.4 Å². The molecule has 0 unspecified atom stereocenters. The van der Waals surface area contributed by atoms with Crippen LogP contribution in [0.25, 0.3) is 0 Å². The van der Waals surface area contributed by atoms with Gasteiger partial charge in [0.25, 0.3) is 0 Å². The SMILES string of the molecule is C=CCN(C(C)C)S(=O)(=O)c1ccccc1CO. The highest BCUT2D eigenvalue weighted by Crippen LogP contribution is 2.22. The number of sulfonamides is 1. The maximum absolute atomic E-state index is 12.5. The van der Waals surface area contributed by atoms with Gasteiger partial charge in [0.1, 0.15) is 0 Å². The Bertz CT molecular complexity index is 509. The summed E-state index contributed by atoms with van der Waals surface area (Å²) in [5, 5.41) is 9.23. The van der Waals surface area contributed by atoms with Crippen molar-refractivity contribution in [3.05, 3.63) is 42.5 Å². The van der Waals surface area contributed by atoms with Crippen LogP contribution >= 0.6 is 0 Å². The van der Waals surface area contributed by atoms with Gasteiger partial charge in [0, 0.05) is 12.6 Å². The van der Waals surface area contributed by atoms with Gasteiger partial charge in [-0.05, 0) is 25.5 Å². The number of rotatable bonds is 6. The summed E-state index contributed by atoms with van der Waals surface area (Å²) in [7, 11) is -3.60. The Balaban J connectivity index is 3.30. The Morgan fingerprint density at radius 3 is 2.50 bits per heavy atom. The summed E-state index contributed by atoms with van der Waals surface area (Å²) in [4.78, 5) is 0.156. The van der Waals surface area contributed by atoms with Gasteiger partial charge in [0.2, 0.25) is 10.0 Å². The maximum atomic E-state index is 12.5. The minimum Gasteiger partial charge on any atom is -0.392 e. The number of benzene rings is 1. The molecule has 0 saturated carbocycles. The zero-order valence-electron chi connectivity index (χ0n) is 10.7. The predicted octanol–water partition coefficient (Wildman–Crippen LogP) is 1.76. The molecule has 0 radical (unpaired) electrons. The van der Waals surface area contributed by atoms with E-state index < -0.39 is 10.0 Å². The van der Waals surface area contributed by atoms with Crippen LogP contribution in [0.3, 0.4) is 0 Å². The van der Waals surface area contributed by atoms with Crippen molar-refractivity contribution >= 4 is 10.0 Å². The molecule has 100 valence electrons. The van der Waals surface area contributed by atoms with E-state index in [4.69, 9.17) is 0 Å². The first-order valence-corrected chi connectivity index (χ1v) is 7.20.